The molecule has 2 N–H and O–H groups in total. The number of aryl methyl sites for hydroxylation is 1. The molecule has 92 valence electrons. The zero-order valence-electron chi connectivity index (χ0n) is 10.1. The number of hydrogen-bond acceptors (Lipinski definition) is 2. The van der Waals surface area contributed by atoms with Crippen LogP contribution in [0.25, 0.3) is 0 Å². The van der Waals surface area contributed by atoms with Crippen LogP contribution in [0.1, 0.15) is 28.4 Å². The Balaban J connectivity index is 2.35. The summed E-state index contributed by atoms with van der Waals surface area (Å²) in [6.07, 6.45) is 0.956. The Bertz CT molecular complexity index is 576. The summed E-state index contributed by atoms with van der Waals surface area (Å²) in [5.74, 6) is -0.0770. The fourth-order valence-electron chi connectivity index (χ4n) is 1.79. The Morgan fingerprint density at radius 1 is 1.17 bits per heavy atom. The third-order valence-electron chi connectivity index (χ3n) is 2.88. The van der Waals surface area contributed by atoms with Crippen LogP contribution in [0.3, 0.4) is 0 Å². The lowest BCUT2D eigenvalue weighted by Gasteiger charge is -2.06. The molecule has 0 fully saturated rings. The third-order valence-corrected chi connectivity index (χ3v) is 3.12. The molecule has 0 saturated carbocycles. The number of carbonyl (C=O) groups excluding carboxylic acids is 1. The molecule has 0 saturated heterocycles. The molecule has 3 heteroatoms. The van der Waals surface area contributed by atoms with Gasteiger partial charge in [0.1, 0.15) is 0 Å². The van der Waals surface area contributed by atoms with E-state index in [9.17, 15) is 4.79 Å². The Morgan fingerprint density at radius 2 is 1.83 bits per heavy atom. The van der Waals surface area contributed by atoms with Crippen molar-refractivity contribution in [3.63, 3.8) is 0 Å². The van der Waals surface area contributed by atoms with Crippen molar-refractivity contribution in [3.05, 3.63) is 64.2 Å². The van der Waals surface area contributed by atoms with Crippen molar-refractivity contribution in [3.8, 4) is 0 Å². The SMILES string of the molecule is CCc1ccc(C(=O)c2ccc(Cl)cc2N)cc1. The van der Waals surface area contributed by atoms with Crippen molar-refractivity contribution in [1.82, 2.24) is 0 Å². The molecule has 0 radical (unpaired) electrons. The average Bonchev–Trinajstić information content (AvgIpc) is 2.38. The number of hydrogen-bond donors (Lipinski definition) is 1. The van der Waals surface area contributed by atoms with Crippen molar-refractivity contribution in [2.75, 3.05) is 5.73 Å². The number of rotatable bonds is 3. The molecule has 0 aliphatic heterocycles. The maximum absolute atomic E-state index is 12.3. The number of ketones is 1. The second-order valence-electron chi connectivity index (χ2n) is 4.11. The first kappa shape index (κ1) is 12.7. The summed E-state index contributed by atoms with van der Waals surface area (Å²) in [6, 6.07) is 12.5. The number of anilines is 1. The van der Waals surface area contributed by atoms with Gasteiger partial charge in [-0.25, -0.2) is 0 Å². The standard InChI is InChI=1S/C15H14ClNO/c1-2-10-3-5-11(6-4-10)15(18)13-8-7-12(16)9-14(13)17/h3-9H,2,17H2,1H3. The van der Waals surface area contributed by atoms with E-state index in [1.165, 1.54) is 5.56 Å². The van der Waals surface area contributed by atoms with E-state index in [-0.39, 0.29) is 5.78 Å². The Kier molecular flexibility index (Phi) is 3.68. The topological polar surface area (TPSA) is 43.1 Å². The lowest BCUT2D eigenvalue weighted by molar-refractivity contribution is 0.103. The van der Waals surface area contributed by atoms with Crippen molar-refractivity contribution in [2.45, 2.75) is 13.3 Å². The number of benzene rings is 2. The van der Waals surface area contributed by atoms with Gasteiger partial charge in [-0.3, -0.25) is 4.79 Å². The smallest absolute Gasteiger partial charge is 0.195 e. The lowest BCUT2D eigenvalue weighted by Crippen LogP contribution is -2.05. The van der Waals surface area contributed by atoms with Crippen LogP contribution in [0.5, 0.6) is 0 Å². The molecule has 2 aromatic rings. The molecule has 0 aromatic heterocycles. The highest BCUT2D eigenvalue weighted by Gasteiger charge is 2.12. The normalized spacial score (nSPS) is 10.3. The van der Waals surface area contributed by atoms with Crippen LogP contribution in [-0.4, -0.2) is 5.78 Å². The van der Waals surface area contributed by atoms with Gasteiger partial charge in [-0.05, 0) is 30.2 Å². The molecule has 0 aliphatic carbocycles. The minimum atomic E-state index is -0.0770. The lowest BCUT2D eigenvalue weighted by atomic mass is 10.0. The van der Waals surface area contributed by atoms with Gasteiger partial charge in [-0.2, -0.15) is 0 Å². The largest absolute Gasteiger partial charge is 0.398 e. The first-order chi connectivity index (χ1) is 8.61. The van der Waals surface area contributed by atoms with Crippen molar-refractivity contribution < 1.29 is 4.79 Å². The highest BCUT2D eigenvalue weighted by atomic mass is 35.5. The summed E-state index contributed by atoms with van der Waals surface area (Å²) in [6.45, 7) is 2.08. The number of nitrogen functional groups attached to an aromatic ring is 1. The van der Waals surface area contributed by atoms with Gasteiger partial charge in [0.15, 0.2) is 5.78 Å². The molecule has 2 rings (SSSR count). The molecule has 0 atom stereocenters. The van der Waals surface area contributed by atoms with E-state index in [2.05, 4.69) is 6.92 Å². The van der Waals surface area contributed by atoms with Gasteiger partial charge < -0.3 is 5.73 Å². The summed E-state index contributed by atoms with van der Waals surface area (Å²) in [5, 5.41) is 0.533. The number of carbonyl (C=O) groups is 1. The Hall–Kier alpha value is -1.80. The molecule has 18 heavy (non-hydrogen) atoms. The Morgan fingerprint density at radius 3 is 2.39 bits per heavy atom. The van der Waals surface area contributed by atoms with E-state index in [0.717, 1.165) is 6.42 Å². The Labute approximate surface area is 111 Å². The van der Waals surface area contributed by atoms with Gasteiger partial charge >= 0.3 is 0 Å². The predicted molar refractivity (Wildman–Crippen MR) is 75.1 cm³/mol. The first-order valence-electron chi connectivity index (χ1n) is 5.80. The molecular weight excluding hydrogens is 246 g/mol. The minimum Gasteiger partial charge on any atom is -0.398 e. The van der Waals surface area contributed by atoms with Crippen LogP contribution in [0.2, 0.25) is 5.02 Å². The summed E-state index contributed by atoms with van der Waals surface area (Å²) in [7, 11) is 0. The van der Waals surface area contributed by atoms with Crippen LogP contribution in [0, 0.1) is 0 Å². The summed E-state index contributed by atoms with van der Waals surface area (Å²) in [5.41, 5.74) is 8.55. The minimum absolute atomic E-state index is 0.0770. The molecule has 0 aliphatic rings. The zero-order valence-corrected chi connectivity index (χ0v) is 10.9. The maximum atomic E-state index is 12.3. The summed E-state index contributed by atoms with van der Waals surface area (Å²) >= 11 is 5.82. The van der Waals surface area contributed by atoms with Gasteiger partial charge in [0, 0.05) is 21.8 Å². The van der Waals surface area contributed by atoms with Crippen LogP contribution in [0.4, 0.5) is 5.69 Å². The summed E-state index contributed by atoms with van der Waals surface area (Å²) in [4.78, 5) is 12.3. The van der Waals surface area contributed by atoms with Crippen molar-refractivity contribution in [2.24, 2.45) is 0 Å². The van der Waals surface area contributed by atoms with E-state index in [4.69, 9.17) is 17.3 Å². The molecule has 0 heterocycles. The van der Waals surface area contributed by atoms with Gasteiger partial charge in [0.2, 0.25) is 0 Å². The fourth-order valence-corrected chi connectivity index (χ4v) is 1.97. The summed E-state index contributed by atoms with van der Waals surface area (Å²) < 4.78 is 0. The van der Waals surface area contributed by atoms with Crippen LogP contribution < -0.4 is 5.73 Å². The number of nitrogens with two attached hydrogens (primary N) is 1. The molecule has 0 unspecified atom stereocenters. The van der Waals surface area contributed by atoms with Gasteiger partial charge in [0.25, 0.3) is 0 Å². The second-order valence-corrected chi connectivity index (χ2v) is 4.55. The van der Waals surface area contributed by atoms with E-state index < -0.39 is 0 Å². The molecule has 0 bridgehead atoms. The van der Waals surface area contributed by atoms with Gasteiger partial charge in [-0.1, -0.05) is 42.8 Å². The second kappa shape index (κ2) is 5.23. The fraction of sp³-hybridized carbons (Fsp3) is 0.133. The first-order valence-corrected chi connectivity index (χ1v) is 6.18. The predicted octanol–water partition coefficient (Wildman–Crippen LogP) is 3.72. The quantitative estimate of drug-likeness (QED) is 0.674. The average molecular weight is 260 g/mol. The van der Waals surface area contributed by atoms with E-state index in [0.29, 0.717) is 21.8 Å². The monoisotopic (exact) mass is 259 g/mol. The van der Waals surface area contributed by atoms with Crippen molar-refractivity contribution >= 4 is 23.1 Å². The molecule has 0 amide bonds. The highest BCUT2D eigenvalue weighted by Crippen LogP contribution is 2.21. The van der Waals surface area contributed by atoms with Crippen LogP contribution >= 0.6 is 11.6 Å². The zero-order chi connectivity index (χ0) is 13.1. The molecule has 2 nitrogen and oxygen atoms in total. The van der Waals surface area contributed by atoms with Gasteiger partial charge in [-0.15, -0.1) is 0 Å². The van der Waals surface area contributed by atoms with Gasteiger partial charge in [0.05, 0.1) is 0 Å². The van der Waals surface area contributed by atoms with E-state index in [1.54, 1.807) is 18.2 Å². The maximum Gasteiger partial charge on any atom is 0.195 e. The van der Waals surface area contributed by atoms with E-state index >= 15 is 0 Å². The highest BCUT2D eigenvalue weighted by molar-refractivity contribution is 6.31. The molecule has 0 spiro atoms. The number of halogens is 1. The third kappa shape index (κ3) is 2.54. The van der Waals surface area contributed by atoms with Crippen LogP contribution in [0.15, 0.2) is 42.5 Å². The molecular formula is C15H14ClNO. The van der Waals surface area contributed by atoms with E-state index in [1.807, 2.05) is 24.3 Å². The molecule has 2 aromatic carbocycles. The van der Waals surface area contributed by atoms with Crippen molar-refractivity contribution in [1.29, 1.82) is 0 Å². The van der Waals surface area contributed by atoms with Crippen LogP contribution in [-0.2, 0) is 6.42 Å².